The van der Waals surface area contributed by atoms with Gasteiger partial charge in [-0.3, -0.25) is 4.79 Å². The van der Waals surface area contributed by atoms with E-state index in [1.165, 1.54) is 4.31 Å². The van der Waals surface area contributed by atoms with Crippen LogP contribution in [0.1, 0.15) is 18.4 Å². The molecule has 178 valence electrons. The van der Waals surface area contributed by atoms with Crippen molar-refractivity contribution in [3.63, 3.8) is 0 Å². The summed E-state index contributed by atoms with van der Waals surface area (Å²) in [6.45, 7) is 4.71. The quantitative estimate of drug-likeness (QED) is 0.672. The summed E-state index contributed by atoms with van der Waals surface area (Å²) in [6.07, 6.45) is 1.35. The molecule has 9 heteroatoms. The zero-order valence-corrected chi connectivity index (χ0v) is 20.5. The van der Waals surface area contributed by atoms with Crippen molar-refractivity contribution in [3.05, 3.63) is 59.1 Å². The number of carbonyl (C=O) groups excluding carboxylic acids is 1. The van der Waals surface area contributed by atoms with Crippen LogP contribution in [0.4, 0.5) is 11.4 Å². The van der Waals surface area contributed by atoms with E-state index in [4.69, 9.17) is 11.6 Å². The maximum Gasteiger partial charge on any atom is 0.228 e. The number of anilines is 2. The van der Waals surface area contributed by atoms with Crippen molar-refractivity contribution >= 4 is 38.9 Å². The molecule has 4 rings (SSSR count). The number of rotatable bonds is 6. The summed E-state index contributed by atoms with van der Waals surface area (Å²) in [5.74, 6) is -0.587. The smallest absolute Gasteiger partial charge is 0.228 e. The highest BCUT2D eigenvalue weighted by Gasteiger charge is 2.32. The summed E-state index contributed by atoms with van der Waals surface area (Å²) in [7, 11) is -1.38. The Bertz CT molecular complexity index is 1050. The van der Waals surface area contributed by atoms with E-state index < -0.39 is 10.0 Å². The van der Waals surface area contributed by atoms with Crippen LogP contribution in [0.5, 0.6) is 0 Å². The number of piperidine rings is 1. The lowest BCUT2D eigenvalue weighted by Gasteiger charge is -2.34. The maximum absolute atomic E-state index is 12.9. The Morgan fingerprint density at radius 3 is 2.33 bits per heavy atom. The molecule has 2 heterocycles. The van der Waals surface area contributed by atoms with Crippen molar-refractivity contribution in [2.24, 2.45) is 5.92 Å². The fourth-order valence-corrected chi connectivity index (χ4v) is 6.09. The lowest BCUT2D eigenvalue weighted by Crippen LogP contribution is -2.44. The molecule has 1 amide bonds. The molecule has 2 aliphatic heterocycles. The number of halogens is 1. The Kier molecular flexibility index (Phi) is 7.58. The fourth-order valence-electron chi connectivity index (χ4n) is 4.36. The molecule has 1 N–H and O–H groups in total. The van der Waals surface area contributed by atoms with E-state index in [0.717, 1.165) is 37.6 Å². The fraction of sp³-hybridized carbons (Fsp3) is 0.458. The zero-order valence-electron chi connectivity index (χ0n) is 18.9. The Labute approximate surface area is 201 Å². The molecule has 2 aromatic rings. The molecule has 2 fully saturated rings. The van der Waals surface area contributed by atoms with Gasteiger partial charge in [-0.15, -0.1) is 0 Å². The number of piperazine rings is 1. The number of hydrogen-bond donors (Lipinski definition) is 1. The molecule has 1 atom stereocenters. The number of nitrogens with zero attached hydrogens (tertiary/aromatic N) is 3. The van der Waals surface area contributed by atoms with Crippen LogP contribution in [0.25, 0.3) is 0 Å². The molecule has 0 saturated carbocycles. The molecule has 7 nitrogen and oxygen atoms in total. The van der Waals surface area contributed by atoms with Gasteiger partial charge in [0.25, 0.3) is 0 Å². The normalized spacial score (nSPS) is 20.5. The Morgan fingerprint density at radius 1 is 1.00 bits per heavy atom. The monoisotopic (exact) mass is 490 g/mol. The minimum atomic E-state index is -3.51. The van der Waals surface area contributed by atoms with Crippen LogP contribution in [0.15, 0.2) is 48.5 Å². The SMILES string of the molecule is CN1CCN(c2ccc(NC(=O)C3CCCN(S(=O)(=O)Cc4ccc(Cl)cc4)C3)cc2)CC1. The number of hydrogen-bond acceptors (Lipinski definition) is 5. The Hall–Kier alpha value is -2.13. The van der Waals surface area contributed by atoms with E-state index in [9.17, 15) is 13.2 Å². The van der Waals surface area contributed by atoms with E-state index in [0.29, 0.717) is 30.0 Å². The highest BCUT2D eigenvalue weighted by atomic mass is 35.5. The first-order valence-corrected chi connectivity index (χ1v) is 13.4. The molecule has 33 heavy (non-hydrogen) atoms. The summed E-state index contributed by atoms with van der Waals surface area (Å²) in [6, 6.07) is 14.7. The van der Waals surface area contributed by atoms with Gasteiger partial charge in [-0.25, -0.2) is 12.7 Å². The highest BCUT2D eigenvalue weighted by molar-refractivity contribution is 7.88. The molecular weight excluding hydrogens is 460 g/mol. The van der Waals surface area contributed by atoms with Gasteiger partial charge >= 0.3 is 0 Å². The average Bonchev–Trinajstić information content (AvgIpc) is 2.82. The predicted molar refractivity (Wildman–Crippen MR) is 133 cm³/mol. The number of benzene rings is 2. The van der Waals surface area contributed by atoms with Crippen LogP contribution in [0.3, 0.4) is 0 Å². The number of carbonyl (C=O) groups is 1. The van der Waals surface area contributed by atoms with Crippen LogP contribution >= 0.6 is 11.6 Å². The molecule has 2 aromatic carbocycles. The minimum Gasteiger partial charge on any atom is -0.369 e. The second-order valence-electron chi connectivity index (χ2n) is 8.91. The van der Waals surface area contributed by atoms with E-state index in [-0.39, 0.29) is 24.1 Å². The summed E-state index contributed by atoms with van der Waals surface area (Å²) < 4.78 is 27.3. The topological polar surface area (TPSA) is 73.0 Å². The second-order valence-corrected chi connectivity index (χ2v) is 11.3. The van der Waals surface area contributed by atoms with Gasteiger partial charge in [0.05, 0.1) is 11.7 Å². The van der Waals surface area contributed by atoms with Gasteiger partial charge in [0.2, 0.25) is 15.9 Å². The molecule has 0 aromatic heterocycles. The highest BCUT2D eigenvalue weighted by Crippen LogP contribution is 2.24. The van der Waals surface area contributed by atoms with Crippen LogP contribution in [0, 0.1) is 5.92 Å². The summed E-state index contributed by atoms with van der Waals surface area (Å²) in [4.78, 5) is 17.6. The summed E-state index contributed by atoms with van der Waals surface area (Å²) in [5.41, 5.74) is 2.57. The minimum absolute atomic E-state index is 0.0910. The third-order valence-corrected chi connectivity index (χ3v) is 8.48. The van der Waals surface area contributed by atoms with Crippen molar-refractivity contribution in [1.29, 1.82) is 0 Å². The van der Waals surface area contributed by atoms with Gasteiger partial charge in [-0.1, -0.05) is 23.7 Å². The van der Waals surface area contributed by atoms with Gasteiger partial charge in [-0.05, 0) is 61.9 Å². The third-order valence-electron chi connectivity index (χ3n) is 6.41. The van der Waals surface area contributed by atoms with Crippen LogP contribution < -0.4 is 10.2 Å². The largest absolute Gasteiger partial charge is 0.369 e. The van der Waals surface area contributed by atoms with E-state index in [1.54, 1.807) is 24.3 Å². The summed E-state index contributed by atoms with van der Waals surface area (Å²) >= 11 is 5.90. The van der Waals surface area contributed by atoms with Crippen molar-refractivity contribution in [1.82, 2.24) is 9.21 Å². The molecule has 0 spiro atoms. The zero-order chi connectivity index (χ0) is 23.4. The number of nitrogens with one attached hydrogen (secondary N) is 1. The predicted octanol–water partition coefficient (Wildman–Crippen LogP) is 3.27. The van der Waals surface area contributed by atoms with E-state index in [1.807, 2.05) is 24.3 Å². The first-order chi connectivity index (χ1) is 15.8. The van der Waals surface area contributed by atoms with Gasteiger partial charge in [0.15, 0.2) is 0 Å². The molecule has 0 radical (unpaired) electrons. The number of likely N-dealkylation sites (N-methyl/N-ethyl adjacent to an activating group) is 1. The maximum atomic E-state index is 12.9. The molecule has 0 bridgehead atoms. The van der Waals surface area contributed by atoms with Crippen molar-refractivity contribution in [3.8, 4) is 0 Å². The van der Waals surface area contributed by atoms with Crippen molar-refractivity contribution in [2.75, 3.05) is 56.5 Å². The number of sulfonamides is 1. The van der Waals surface area contributed by atoms with Gasteiger partial charge < -0.3 is 15.1 Å². The van der Waals surface area contributed by atoms with E-state index >= 15 is 0 Å². The standard InChI is InChI=1S/C24H31ClN4O3S/c1-27-13-15-28(16-14-27)23-10-8-22(9-11-23)26-24(30)20-3-2-12-29(17-20)33(31,32)18-19-4-6-21(25)7-5-19/h4-11,20H,2-3,12-18H2,1H3,(H,26,30). The molecular formula is C24H31ClN4O3S. The molecule has 0 aliphatic carbocycles. The molecule has 1 unspecified atom stereocenters. The lowest BCUT2D eigenvalue weighted by atomic mass is 9.98. The lowest BCUT2D eigenvalue weighted by molar-refractivity contribution is -0.120. The Morgan fingerprint density at radius 2 is 1.67 bits per heavy atom. The second kappa shape index (κ2) is 10.4. The van der Waals surface area contributed by atoms with Gasteiger partial charge in [0.1, 0.15) is 0 Å². The van der Waals surface area contributed by atoms with Gasteiger partial charge in [-0.2, -0.15) is 0 Å². The van der Waals surface area contributed by atoms with Crippen molar-refractivity contribution in [2.45, 2.75) is 18.6 Å². The Balaban J connectivity index is 1.34. The third kappa shape index (κ3) is 6.26. The average molecular weight is 491 g/mol. The van der Waals surface area contributed by atoms with Crippen LogP contribution in [-0.4, -0.2) is 69.8 Å². The number of amides is 1. The first-order valence-electron chi connectivity index (χ1n) is 11.4. The first kappa shape index (κ1) is 24.0. The van der Waals surface area contributed by atoms with E-state index in [2.05, 4.69) is 22.2 Å². The molecule has 2 saturated heterocycles. The van der Waals surface area contributed by atoms with Gasteiger partial charge in [0, 0.05) is 55.7 Å². The molecule has 2 aliphatic rings. The van der Waals surface area contributed by atoms with Crippen molar-refractivity contribution < 1.29 is 13.2 Å². The van der Waals surface area contributed by atoms with Crippen LogP contribution in [0.2, 0.25) is 5.02 Å². The summed E-state index contributed by atoms with van der Waals surface area (Å²) in [5, 5.41) is 3.55. The van der Waals surface area contributed by atoms with Crippen LogP contribution in [-0.2, 0) is 20.6 Å².